The normalized spacial score (nSPS) is 10.4. The monoisotopic (exact) mass is 197 g/mol. The van der Waals surface area contributed by atoms with E-state index in [9.17, 15) is 4.79 Å². The van der Waals surface area contributed by atoms with Crippen LogP contribution < -0.4 is 5.73 Å². The molecular formula is C9H15N3O2. The number of aryl methyl sites for hydroxylation is 1. The average Bonchev–Trinajstić information content (AvgIpc) is 2.57. The molecule has 1 heterocycles. The molecule has 0 radical (unpaired) electrons. The first kappa shape index (κ1) is 10.7. The van der Waals surface area contributed by atoms with Gasteiger partial charge in [0.15, 0.2) is 0 Å². The van der Waals surface area contributed by atoms with E-state index in [-0.39, 0.29) is 0 Å². The maximum Gasteiger partial charge on any atom is 0.269 e. The van der Waals surface area contributed by atoms with E-state index in [1.54, 1.807) is 17.9 Å². The predicted molar refractivity (Wildman–Crippen MR) is 52.0 cm³/mol. The summed E-state index contributed by atoms with van der Waals surface area (Å²) in [5.74, 6) is -0.490. The van der Waals surface area contributed by atoms with Crippen LogP contribution in [0.4, 0.5) is 0 Å². The van der Waals surface area contributed by atoms with Crippen LogP contribution in [-0.4, -0.2) is 29.4 Å². The van der Waals surface area contributed by atoms with Crippen LogP contribution in [0.25, 0.3) is 0 Å². The first-order valence-electron chi connectivity index (χ1n) is 4.54. The third-order valence-corrected chi connectivity index (χ3v) is 1.99. The maximum atomic E-state index is 10.9. The van der Waals surface area contributed by atoms with Gasteiger partial charge in [0.05, 0.1) is 13.2 Å². The number of carbonyl (C=O) groups excluding carboxylic acids is 1. The Morgan fingerprint density at radius 2 is 2.43 bits per heavy atom. The predicted octanol–water partition coefficient (Wildman–Crippen LogP) is 0.191. The summed E-state index contributed by atoms with van der Waals surface area (Å²) in [4.78, 5) is 10.9. The first-order chi connectivity index (χ1) is 6.69. The lowest BCUT2D eigenvalue weighted by Gasteiger charge is -2.03. The summed E-state index contributed by atoms with van der Waals surface area (Å²) < 4.78 is 6.69. The molecule has 0 aliphatic carbocycles. The van der Waals surface area contributed by atoms with Crippen molar-refractivity contribution in [2.24, 2.45) is 5.73 Å². The molecule has 0 fully saturated rings. The minimum atomic E-state index is -0.490. The van der Waals surface area contributed by atoms with Crippen molar-refractivity contribution < 1.29 is 9.53 Å². The third-order valence-electron chi connectivity index (χ3n) is 1.99. The van der Waals surface area contributed by atoms with Crippen molar-refractivity contribution in [3.63, 3.8) is 0 Å². The number of methoxy groups -OCH3 is 1. The van der Waals surface area contributed by atoms with Gasteiger partial charge in [-0.3, -0.25) is 9.48 Å². The fraction of sp³-hybridized carbons (Fsp3) is 0.556. The highest BCUT2D eigenvalue weighted by Gasteiger charge is 2.09. The Hall–Kier alpha value is -1.36. The molecule has 0 aromatic carbocycles. The quantitative estimate of drug-likeness (QED) is 0.732. The number of hydrogen-bond donors (Lipinski definition) is 1. The Balaban J connectivity index is 2.85. The molecule has 1 amide bonds. The summed E-state index contributed by atoms with van der Waals surface area (Å²) in [6, 6.07) is 1.72. The average molecular weight is 197 g/mol. The van der Waals surface area contributed by atoms with Gasteiger partial charge in [-0.15, -0.1) is 0 Å². The van der Waals surface area contributed by atoms with Crippen LogP contribution in [0, 0.1) is 0 Å². The highest BCUT2D eigenvalue weighted by Crippen LogP contribution is 2.04. The van der Waals surface area contributed by atoms with E-state index in [1.165, 1.54) is 0 Å². The van der Waals surface area contributed by atoms with Gasteiger partial charge in [-0.2, -0.15) is 5.10 Å². The molecule has 0 spiro atoms. The van der Waals surface area contributed by atoms with Gasteiger partial charge in [-0.25, -0.2) is 0 Å². The Bertz CT molecular complexity index is 320. The molecule has 0 atom stereocenters. The number of aromatic nitrogens is 2. The number of hydrogen-bond acceptors (Lipinski definition) is 3. The summed E-state index contributed by atoms with van der Waals surface area (Å²) in [6.45, 7) is 3.23. The topological polar surface area (TPSA) is 70.1 Å². The van der Waals surface area contributed by atoms with Crippen LogP contribution in [0.1, 0.15) is 23.1 Å². The second-order valence-electron chi connectivity index (χ2n) is 2.95. The second-order valence-corrected chi connectivity index (χ2v) is 2.95. The summed E-state index contributed by atoms with van der Waals surface area (Å²) in [5.41, 5.74) is 6.45. The molecule has 0 aliphatic heterocycles. The molecule has 0 saturated carbocycles. The highest BCUT2D eigenvalue weighted by molar-refractivity contribution is 5.90. The SMILES string of the molecule is CCc1cc(C(N)=O)nn1CCOC. The maximum absolute atomic E-state index is 10.9. The van der Waals surface area contributed by atoms with Gasteiger partial charge in [-0.05, 0) is 12.5 Å². The number of primary amides is 1. The number of amides is 1. The molecule has 0 bridgehead atoms. The van der Waals surface area contributed by atoms with E-state index in [2.05, 4.69) is 5.10 Å². The Kier molecular flexibility index (Phi) is 3.64. The third kappa shape index (κ3) is 2.32. The van der Waals surface area contributed by atoms with E-state index >= 15 is 0 Å². The standard InChI is InChI=1S/C9H15N3O2/c1-3-7-6-8(9(10)13)11-12(7)4-5-14-2/h6H,3-5H2,1-2H3,(H2,10,13). The number of ether oxygens (including phenoxy) is 1. The number of carbonyl (C=O) groups is 1. The van der Waals surface area contributed by atoms with Crippen molar-refractivity contribution in [3.05, 3.63) is 17.5 Å². The van der Waals surface area contributed by atoms with E-state index < -0.39 is 5.91 Å². The molecule has 14 heavy (non-hydrogen) atoms. The van der Waals surface area contributed by atoms with E-state index in [4.69, 9.17) is 10.5 Å². The minimum absolute atomic E-state index is 0.318. The van der Waals surface area contributed by atoms with Crippen molar-refractivity contribution >= 4 is 5.91 Å². The lowest BCUT2D eigenvalue weighted by molar-refractivity contribution is 0.0994. The molecule has 1 rings (SSSR count). The smallest absolute Gasteiger partial charge is 0.269 e. The summed E-state index contributed by atoms with van der Waals surface area (Å²) in [5, 5.41) is 4.08. The van der Waals surface area contributed by atoms with Gasteiger partial charge in [0.25, 0.3) is 5.91 Å². The zero-order chi connectivity index (χ0) is 10.6. The number of rotatable bonds is 5. The van der Waals surface area contributed by atoms with E-state index in [0.29, 0.717) is 18.8 Å². The molecule has 1 aromatic rings. The van der Waals surface area contributed by atoms with Gasteiger partial charge in [-0.1, -0.05) is 6.92 Å². The van der Waals surface area contributed by atoms with Crippen LogP contribution in [-0.2, 0) is 17.7 Å². The first-order valence-corrected chi connectivity index (χ1v) is 4.54. The van der Waals surface area contributed by atoms with Gasteiger partial charge < -0.3 is 10.5 Å². The Morgan fingerprint density at radius 3 is 2.93 bits per heavy atom. The van der Waals surface area contributed by atoms with Crippen molar-refractivity contribution in [2.45, 2.75) is 19.9 Å². The number of nitrogens with zero attached hydrogens (tertiary/aromatic N) is 2. The van der Waals surface area contributed by atoms with Crippen LogP contribution in [0.15, 0.2) is 6.07 Å². The Morgan fingerprint density at radius 1 is 1.71 bits per heavy atom. The summed E-state index contributed by atoms with van der Waals surface area (Å²) in [7, 11) is 1.63. The van der Waals surface area contributed by atoms with Crippen LogP contribution in [0.2, 0.25) is 0 Å². The summed E-state index contributed by atoms with van der Waals surface area (Å²) >= 11 is 0. The largest absolute Gasteiger partial charge is 0.383 e. The van der Waals surface area contributed by atoms with Crippen molar-refractivity contribution in [3.8, 4) is 0 Å². The molecule has 2 N–H and O–H groups in total. The molecule has 78 valence electrons. The van der Waals surface area contributed by atoms with Crippen LogP contribution in [0.3, 0.4) is 0 Å². The zero-order valence-electron chi connectivity index (χ0n) is 8.49. The zero-order valence-corrected chi connectivity index (χ0v) is 8.49. The van der Waals surface area contributed by atoms with Gasteiger partial charge >= 0.3 is 0 Å². The highest BCUT2D eigenvalue weighted by atomic mass is 16.5. The van der Waals surface area contributed by atoms with Crippen molar-refractivity contribution in [1.29, 1.82) is 0 Å². The minimum Gasteiger partial charge on any atom is -0.383 e. The lowest BCUT2D eigenvalue weighted by atomic mass is 10.3. The van der Waals surface area contributed by atoms with Gasteiger partial charge in [0.1, 0.15) is 5.69 Å². The fourth-order valence-corrected chi connectivity index (χ4v) is 1.23. The number of nitrogens with two attached hydrogens (primary N) is 1. The molecular weight excluding hydrogens is 182 g/mol. The van der Waals surface area contributed by atoms with E-state index in [0.717, 1.165) is 12.1 Å². The molecule has 5 heteroatoms. The second kappa shape index (κ2) is 4.76. The molecule has 0 unspecified atom stereocenters. The lowest BCUT2D eigenvalue weighted by Crippen LogP contribution is -2.13. The van der Waals surface area contributed by atoms with Crippen LogP contribution >= 0.6 is 0 Å². The van der Waals surface area contributed by atoms with Gasteiger partial charge in [0, 0.05) is 12.8 Å². The van der Waals surface area contributed by atoms with E-state index in [1.807, 2.05) is 6.92 Å². The molecule has 5 nitrogen and oxygen atoms in total. The van der Waals surface area contributed by atoms with Crippen molar-refractivity contribution in [1.82, 2.24) is 9.78 Å². The summed E-state index contributed by atoms with van der Waals surface area (Å²) in [6.07, 6.45) is 0.823. The molecule has 0 saturated heterocycles. The van der Waals surface area contributed by atoms with Crippen LogP contribution in [0.5, 0.6) is 0 Å². The molecule has 1 aromatic heterocycles. The Labute approximate surface area is 82.8 Å². The van der Waals surface area contributed by atoms with Gasteiger partial charge in [0.2, 0.25) is 0 Å². The van der Waals surface area contributed by atoms with Crippen molar-refractivity contribution in [2.75, 3.05) is 13.7 Å². The fourth-order valence-electron chi connectivity index (χ4n) is 1.23. The molecule has 0 aliphatic rings.